The molecule has 2 saturated heterocycles. The minimum atomic E-state index is 0.00511. The molecule has 0 aliphatic carbocycles. The third kappa shape index (κ3) is 4.06. The van der Waals surface area contributed by atoms with E-state index in [1.807, 2.05) is 29.2 Å². The fraction of sp³-hybridized carbons (Fsp3) is 0.611. The first-order valence-electron chi connectivity index (χ1n) is 8.50. The number of benzene rings is 1. The van der Waals surface area contributed by atoms with Crippen LogP contribution in [0.25, 0.3) is 0 Å². The molecule has 0 bridgehead atoms. The SMILES string of the molecule is CN(CCC1CCOCC1)C1CCN(c2ccc(Cl)cc2)C1=O. The molecule has 1 unspecified atom stereocenters. The maximum absolute atomic E-state index is 12.7. The number of nitrogens with zero attached hydrogens (tertiary/aromatic N) is 2. The van der Waals surface area contributed by atoms with Gasteiger partial charge >= 0.3 is 0 Å². The Morgan fingerprint density at radius 1 is 1.22 bits per heavy atom. The average Bonchev–Trinajstić information content (AvgIpc) is 2.96. The summed E-state index contributed by atoms with van der Waals surface area (Å²) in [4.78, 5) is 16.8. The van der Waals surface area contributed by atoms with Crippen molar-refractivity contribution in [2.75, 3.05) is 38.3 Å². The highest BCUT2D eigenvalue weighted by Gasteiger charge is 2.35. The number of rotatable bonds is 5. The lowest BCUT2D eigenvalue weighted by Gasteiger charge is -2.27. The number of anilines is 1. The van der Waals surface area contributed by atoms with E-state index >= 15 is 0 Å². The molecule has 23 heavy (non-hydrogen) atoms. The molecule has 5 heteroatoms. The van der Waals surface area contributed by atoms with Crippen molar-refractivity contribution in [3.05, 3.63) is 29.3 Å². The summed E-state index contributed by atoms with van der Waals surface area (Å²) in [5.74, 6) is 0.955. The van der Waals surface area contributed by atoms with E-state index < -0.39 is 0 Å². The van der Waals surface area contributed by atoms with Crippen molar-refractivity contribution >= 4 is 23.2 Å². The van der Waals surface area contributed by atoms with Crippen LogP contribution in [0.5, 0.6) is 0 Å². The fourth-order valence-electron chi connectivity index (χ4n) is 3.53. The van der Waals surface area contributed by atoms with Crippen molar-refractivity contribution < 1.29 is 9.53 Å². The molecule has 0 saturated carbocycles. The molecule has 126 valence electrons. The second-order valence-corrected chi connectivity index (χ2v) is 7.03. The van der Waals surface area contributed by atoms with Crippen LogP contribution < -0.4 is 4.90 Å². The molecule has 2 fully saturated rings. The lowest BCUT2D eigenvalue weighted by molar-refractivity contribution is -0.121. The number of ether oxygens (including phenoxy) is 1. The van der Waals surface area contributed by atoms with Crippen LogP contribution in [0.3, 0.4) is 0 Å². The van der Waals surface area contributed by atoms with Crippen LogP contribution in [-0.2, 0) is 9.53 Å². The molecule has 2 heterocycles. The van der Waals surface area contributed by atoms with Gasteiger partial charge in [0, 0.05) is 30.5 Å². The van der Waals surface area contributed by atoms with Crippen LogP contribution in [-0.4, -0.2) is 50.2 Å². The fourth-order valence-corrected chi connectivity index (χ4v) is 3.65. The number of halogens is 1. The zero-order chi connectivity index (χ0) is 16.2. The number of carbonyl (C=O) groups is 1. The molecule has 1 aromatic rings. The molecule has 0 spiro atoms. The standard InChI is InChI=1S/C18H25ClN2O2/c1-20(10-6-14-8-12-23-13-9-14)17-7-11-21(18(17)22)16-4-2-15(19)3-5-16/h2-5,14,17H,6-13H2,1H3. The largest absolute Gasteiger partial charge is 0.381 e. The van der Waals surface area contributed by atoms with E-state index in [1.54, 1.807) is 0 Å². The van der Waals surface area contributed by atoms with Crippen LogP contribution in [0.4, 0.5) is 5.69 Å². The molecule has 0 radical (unpaired) electrons. The van der Waals surface area contributed by atoms with E-state index in [9.17, 15) is 4.79 Å². The summed E-state index contributed by atoms with van der Waals surface area (Å²) in [6.45, 7) is 3.55. The Morgan fingerprint density at radius 3 is 2.61 bits per heavy atom. The molecule has 0 N–H and O–H groups in total. The molecule has 2 aliphatic rings. The van der Waals surface area contributed by atoms with Crippen LogP contribution >= 0.6 is 11.6 Å². The number of hydrogen-bond donors (Lipinski definition) is 0. The van der Waals surface area contributed by atoms with Crippen molar-refractivity contribution in [2.24, 2.45) is 5.92 Å². The van der Waals surface area contributed by atoms with Crippen molar-refractivity contribution in [3.8, 4) is 0 Å². The second kappa shape index (κ2) is 7.65. The van der Waals surface area contributed by atoms with Gasteiger partial charge in [0.2, 0.25) is 5.91 Å². The van der Waals surface area contributed by atoms with Gasteiger partial charge in [-0.1, -0.05) is 11.6 Å². The molecule has 0 aromatic heterocycles. The van der Waals surface area contributed by atoms with Crippen LogP contribution in [0.15, 0.2) is 24.3 Å². The topological polar surface area (TPSA) is 32.8 Å². The maximum Gasteiger partial charge on any atom is 0.244 e. The number of hydrogen-bond acceptors (Lipinski definition) is 3. The Morgan fingerprint density at radius 2 is 1.91 bits per heavy atom. The molecule has 2 aliphatic heterocycles. The summed E-state index contributed by atoms with van der Waals surface area (Å²) in [5, 5.41) is 0.700. The van der Waals surface area contributed by atoms with E-state index in [2.05, 4.69) is 11.9 Å². The van der Waals surface area contributed by atoms with Gasteiger partial charge in [-0.3, -0.25) is 9.69 Å². The molecule has 3 rings (SSSR count). The number of amides is 1. The monoisotopic (exact) mass is 336 g/mol. The lowest BCUT2D eigenvalue weighted by Crippen LogP contribution is -2.40. The van der Waals surface area contributed by atoms with Crippen molar-refractivity contribution in [1.82, 2.24) is 4.90 Å². The molecular formula is C18H25ClN2O2. The maximum atomic E-state index is 12.7. The summed E-state index contributed by atoms with van der Waals surface area (Å²) in [7, 11) is 2.08. The Hall–Kier alpha value is -1.10. The van der Waals surface area contributed by atoms with Gasteiger partial charge in [0.05, 0.1) is 6.04 Å². The van der Waals surface area contributed by atoms with Crippen molar-refractivity contribution in [1.29, 1.82) is 0 Å². The zero-order valence-electron chi connectivity index (χ0n) is 13.7. The zero-order valence-corrected chi connectivity index (χ0v) is 14.5. The number of carbonyl (C=O) groups excluding carboxylic acids is 1. The van der Waals surface area contributed by atoms with Gasteiger partial charge in [0.15, 0.2) is 0 Å². The minimum Gasteiger partial charge on any atom is -0.381 e. The first kappa shape index (κ1) is 16.7. The van der Waals surface area contributed by atoms with E-state index in [-0.39, 0.29) is 11.9 Å². The summed E-state index contributed by atoms with van der Waals surface area (Å²) in [6.07, 6.45) is 4.36. The molecular weight excluding hydrogens is 312 g/mol. The van der Waals surface area contributed by atoms with Crippen molar-refractivity contribution in [3.63, 3.8) is 0 Å². The third-order valence-electron chi connectivity index (χ3n) is 5.08. The molecule has 1 amide bonds. The number of likely N-dealkylation sites (N-methyl/N-ethyl adjacent to an activating group) is 1. The van der Waals surface area contributed by atoms with Gasteiger partial charge in [0.1, 0.15) is 0 Å². The smallest absolute Gasteiger partial charge is 0.244 e. The first-order valence-corrected chi connectivity index (χ1v) is 8.88. The Kier molecular flexibility index (Phi) is 5.57. The van der Waals surface area contributed by atoms with Gasteiger partial charge in [-0.2, -0.15) is 0 Å². The minimum absolute atomic E-state index is 0.00511. The quantitative estimate of drug-likeness (QED) is 0.827. The first-order chi connectivity index (χ1) is 11.1. The molecule has 4 nitrogen and oxygen atoms in total. The molecule has 1 atom stereocenters. The summed E-state index contributed by atoms with van der Waals surface area (Å²) >= 11 is 5.93. The van der Waals surface area contributed by atoms with Crippen LogP contribution in [0.2, 0.25) is 5.02 Å². The normalized spacial score (nSPS) is 23.0. The van der Waals surface area contributed by atoms with E-state index in [1.165, 1.54) is 0 Å². The summed E-state index contributed by atoms with van der Waals surface area (Å²) < 4.78 is 5.41. The highest BCUT2D eigenvalue weighted by atomic mass is 35.5. The highest BCUT2D eigenvalue weighted by Crippen LogP contribution is 2.26. The van der Waals surface area contributed by atoms with Gasteiger partial charge < -0.3 is 9.64 Å². The van der Waals surface area contributed by atoms with Gasteiger partial charge in [-0.15, -0.1) is 0 Å². The van der Waals surface area contributed by atoms with Crippen molar-refractivity contribution in [2.45, 2.75) is 31.7 Å². The Labute approximate surface area is 143 Å². The highest BCUT2D eigenvalue weighted by molar-refractivity contribution is 6.30. The van der Waals surface area contributed by atoms with Gasteiger partial charge in [-0.25, -0.2) is 0 Å². The van der Waals surface area contributed by atoms with Gasteiger partial charge in [0.25, 0.3) is 0 Å². The second-order valence-electron chi connectivity index (χ2n) is 6.60. The lowest BCUT2D eigenvalue weighted by atomic mass is 9.96. The summed E-state index contributed by atoms with van der Waals surface area (Å²) in [6, 6.07) is 7.53. The summed E-state index contributed by atoms with van der Waals surface area (Å²) in [5.41, 5.74) is 0.944. The Bertz CT molecular complexity index is 528. The molecule has 1 aromatic carbocycles. The van der Waals surface area contributed by atoms with Gasteiger partial charge in [-0.05, 0) is 69.5 Å². The Balaban J connectivity index is 1.54. The van der Waals surface area contributed by atoms with E-state index in [0.717, 1.165) is 63.6 Å². The average molecular weight is 337 g/mol. The third-order valence-corrected chi connectivity index (χ3v) is 5.33. The van der Waals surface area contributed by atoms with Crippen LogP contribution in [0, 0.1) is 5.92 Å². The van der Waals surface area contributed by atoms with E-state index in [4.69, 9.17) is 16.3 Å². The predicted octanol–water partition coefficient (Wildman–Crippen LogP) is 3.19. The predicted molar refractivity (Wildman–Crippen MR) is 93.0 cm³/mol. The van der Waals surface area contributed by atoms with Crippen LogP contribution in [0.1, 0.15) is 25.7 Å². The van der Waals surface area contributed by atoms with E-state index in [0.29, 0.717) is 5.02 Å².